The van der Waals surface area contributed by atoms with Crippen molar-refractivity contribution in [1.82, 2.24) is 4.98 Å². The molecule has 0 atom stereocenters. The van der Waals surface area contributed by atoms with Crippen LogP contribution < -0.4 is 5.32 Å². The lowest BCUT2D eigenvalue weighted by molar-refractivity contribution is 1.14. The second-order valence-corrected chi connectivity index (χ2v) is 6.02. The van der Waals surface area contributed by atoms with Gasteiger partial charge in [0.1, 0.15) is 5.84 Å². The third-order valence-electron chi connectivity index (χ3n) is 3.88. The molecule has 1 heterocycles. The molecule has 3 heteroatoms. The molecule has 124 valence electrons. The van der Waals surface area contributed by atoms with E-state index in [4.69, 9.17) is 5.41 Å². The molecule has 2 N–H and O–H groups in total. The number of rotatable bonds is 5. The number of pyridine rings is 1. The number of anilines is 1. The number of aromatic nitrogens is 1. The topological polar surface area (TPSA) is 48.8 Å². The first-order chi connectivity index (χ1) is 12.2. The van der Waals surface area contributed by atoms with Crippen LogP contribution in [0.2, 0.25) is 0 Å². The van der Waals surface area contributed by atoms with Crippen molar-refractivity contribution in [3.8, 4) is 0 Å². The zero-order valence-corrected chi connectivity index (χ0v) is 14.2. The van der Waals surface area contributed by atoms with E-state index in [9.17, 15) is 0 Å². The normalized spacial score (nSPS) is 10.8. The molecule has 0 bridgehead atoms. The van der Waals surface area contributed by atoms with Gasteiger partial charge in [0.15, 0.2) is 0 Å². The van der Waals surface area contributed by atoms with Gasteiger partial charge in [0, 0.05) is 18.1 Å². The van der Waals surface area contributed by atoms with Crippen molar-refractivity contribution in [2.24, 2.45) is 0 Å². The van der Waals surface area contributed by atoms with E-state index in [1.165, 1.54) is 16.7 Å². The van der Waals surface area contributed by atoms with E-state index in [-0.39, 0.29) is 0 Å². The highest BCUT2D eigenvalue weighted by atomic mass is 14.9. The molecular formula is C22H21N3. The van der Waals surface area contributed by atoms with E-state index in [2.05, 4.69) is 40.6 Å². The SMILES string of the molecule is Cc1ccc(NC(=N)/C=C/c2ccc(Cc3cccnc3)cc2)cc1. The van der Waals surface area contributed by atoms with Gasteiger partial charge in [-0.3, -0.25) is 10.4 Å². The van der Waals surface area contributed by atoms with Crippen LogP contribution in [0.25, 0.3) is 6.08 Å². The summed E-state index contributed by atoms with van der Waals surface area (Å²) in [5.74, 6) is 0.364. The maximum Gasteiger partial charge on any atom is 0.122 e. The summed E-state index contributed by atoms with van der Waals surface area (Å²) in [4.78, 5) is 4.14. The van der Waals surface area contributed by atoms with Crippen LogP contribution in [0.3, 0.4) is 0 Å². The zero-order chi connectivity index (χ0) is 17.5. The van der Waals surface area contributed by atoms with Gasteiger partial charge in [0.25, 0.3) is 0 Å². The summed E-state index contributed by atoms with van der Waals surface area (Å²) in [5.41, 5.74) is 5.66. The molecule has 0 radical (unpaired) electrons. The van der Waals surface area contributed by atoms with Gasteiger partial charge < -0.3 is 5.32 Å². The van der Waals surface area contributed by atoms with E-state index in [1.807, 2.05) is 49.5 Å². The minimum absolute atomic E-state index is 0.364. The van der Waals surface area contributed by atoms with Crippen LogP contribution in [0.4, 0.5) is 5.69 Å². The van der Waals surface area contributed by atoms with E-state index in [1.54, 1.807) is 12.3 Å². The molecule has 0 saturated carbocycles. The van der Waals surface area contributed by atoms with Gasteiger partial charge in [-0.2, -0.15) is 0 Å². The summed E-state index contributed by atoms with van der Waals surface area (Å²) in [6, 6.07) is 20.4. The fourth-order valence-electron chi connectivity index (χ4n) is 2.50. The first-order valence-corrected chi connectivity index (χ1v) is 8.27. The fraction of sp³-hybridized carbons (Fsp3) is 0.0909. The molecule has 3 nitrogen and oxygen atoms in total. The van der Waals surface area contributed by atoms with Crippen molar-refractivity contribution >= 4 is 17.6 Å². The number of hydrogen-bond donors (Lipinski definition) is 2. The molecule has 1 aromatic heterocycles. The van der Waals surface area contributed by atoms with E-state index < -0.39 is 0 Å². The van der Waals surface area contributed by atoms with Crippen molar-refractivity contribution in [3.05, 3.63) is 101 Å². The Morgan fingerprint density at radius 1 is 1.00 bits per heavy atom. The van der Waals surface area contributed by atoms with Crippen molar-refractivity contribution in [2.45, 2.75) is 13.3 Å². The Hall–Kier alpha value is -3.20. The smallest absolute Gasteiger partial charge is 0.122 e. The number of aryl methyl sites for hydroxylation is 1. The Morgan fingerprint density at radius 2 is 1.76 bits per heavy atom. The standard InChI is InChI=1S/C22H21N3/c1-17-4-11-21(12-5-17)25-22(23)13-10-18-6-8-19(9-7-18)15-20-3-2-14-24-16-20/h2-14,16H,15H2,1H3,(H2,23,25)/b13-10+. The third kappa shape index (κ3) is 5.15. The highest BCUT2D eigenvalue weighted by Crippen LogP contribution is 2.12. The van der Waals surface area contributed by atoms with E-state index >= 15 is 0 Å². The molecule has 0 amide bonds. The van der Waals surface area contributed by atoms with Crippen molar-refractivity contribution in [2.75, 3.05) is 5.32 Å². The number of hydrogen-bond acceptors (Lipinski definition) is 2. The first kappa shape index (κ1) is 16.7. The van der Waals surface area contributed by atoms with Crippen molar-refractivity contribution < 1.29 is 0 Å². The molecule has 0 aliphatic rings. The van der Waals surface area contributed by atoms with Crippen LogP contribution in [0.5, 0.6) is 0 Å². The molecule has 0 saturated heterocycles. The summed E-state index contributed by atoms with van der Waals surface area (Å²) in [5, 5.41) is 11.1. The molecule has 25 heavy (non-hydrogen) atoms. The maximum absolute atomic E-state index is 8.01. The van der Waals surface area contributed by atoms with Gasteiger partial charge in [-0.25, -0.2) is 0 Å². The molecule has 3 rings (SSSR count). The molecule has 0 aliphatic carbocycles. The largest absolute Gasteiger partial charge is 0.341 e. The quantitative estimate of drug-likeness (QED) is 0.507. The Labute approximate surface area is 148 Å². The van der Waals surface area contributed by atoms with Gasteiger partial charge in [-0.1, -0.05) is 54.1 Å². The lowest BCUT2D eigenvalue weighted by atomic mass is 10.0. The van der Waals surface area contributed by atoms with Crippen LogP contribution in [0.15, 0.2) is 79.1 Å². The Balaban J connectivity index is 1.57. The number of amidine groups is 1. The lowest BCUT2D eigenvalue weighted by Crippen LogP contribution is -2.06. The molecule has 0 unspecified atom stereocenters. The monoisotopic (exact) mass is 327 g/mol. The summed E-state index contributed by atoms with van der Waals surface area (Å²) >= 11 is 0. The van der Waals surface area contributed by atoms with Gasteiger partial charge >= 0.3 is 0 Å². The summed E-state index contributed by atoms with van der Waals surface area (Å²) in [6.07, 6.45) is 8.28. The molecule has 0 spiro atoms. The van der Waals surface area contributed by atoms with Gasteiger partial charge in [-0.15, -0.1) is 0 Å². The zero-order valence-electron chi connectivity index (χ0n) is 14.2. The second kappa shape index (κ2) is 8.06. The van der Waals surface area contributed by atoms with Crippen LogP contribution in [0, 0.1) is 12.3 Å². The van der Waals surface area contributed by atoms with Crippen LogP contribution in [-0.4, -0.2) is 10.8 Å². The Bertz CT molecular complexity index is 848. The molecule has 0 aliphatic heterocycles. The number of nitrogens with one attached hydrogen (secondary N) is 2. The van der Waals surface area contributed by atoms with E-state index in [0.29, 0.717) is 5.84 Å². The summed E-state index contributed by atoms with van der Waals surface area (Å²) in [6.45, 7) is 2.05. The van der Waals surface area contributed by atoms with Crippen LogP contribution in [-0.2, 0) is 6.42 Å². The van der Waals surface area contributed by atoms with Crippen LogP contribution in [0.1, 0.15) is 22.3 Å². The molecular weight excluding hydrogens is 306 g/mol. The summed E-state index contributed by atoms with van der Waals surface area (Å²) in [7, 11) is 0. The highest BCUT2D eigenvalue weighted by Gasteiger charge is 1.97. The molecule has 3 aromatic rings. The minimum atomic E-state index is 0.364. The van der Waals surface area contributed by atoms with Crippen LogP contribution >= 0.6 is 0 Å². The van der Waals surface area contributed by atoms with Gasteiger partial charge in [0.2, 0.25) is 0 Å². The van der Waals surface area contributed by atoms with E-state index in [0.717, 1.165) is 17.7 Å². The third-order valence-corrected chi connectivity index (χ3v) is 3.88. The summed E-state index contributed by atoms with van der Waals surface area (Å²) < 4.78 is 0. The Kier molecular flexibility index (Phi) is 5.37. The highest BCUT2D eigenvalue weighted by molar-refractivity contribution is 6.03. The van der Waals surface area contributed by atoms with Crippen molar-refractivity contribution in [1.29, 1.82) is 5.41 Å². The predicted molar refractivity (Wildman–Crippen MR) is 105 cm³/mol. The average molecular weight is 327 g/mol. The number of benzene rings is 2. The van der Waals surface area contributed by atoms with Gasteiger partial charge in [0.05, 0.1) is 0 Å². The van der Waals surface area contributed by atoms with Gasteiger partial charge in [-0.05, 0) is 54.3 Å². The fourth-order valence-corrected chi connectivity index (χ4v) is 2.50. The predicted octanol–water partition coefficient (Wildman–Crippen LogP) is 5.08. The molecule has 0 fully saturated rings. The van der Waals surface area contributed by atoms with Crippen molar-refractivity contribution in [3.63, 3.8) is 0 Å². The maximum atomic E-state index is 8.01. The average Bonchev–Trinajstić information content (AvgIpc) is 2.64. The Morgan fingerprint density at radius 3 is 2.44 bits per heavy atom. The minimum Gasteiger partial charge on any atom is -0.341 e. The molecule has 2 aromatic carbocycles. The second-order valence-electron chi connectivity index (χ2n) is 6.02. The lowest BCUT2D eigenvalue weighted by Gasteiger charge is -2.05. The first-order valence-electron chi connectivity index (χ1n) is 8.27. The number of nitrogens with zero attached hydrogens (tertiary/aromatic N) is 1.